The minimum Gasteiger partial charge on any atom is -0.343 e. The first kappa shape index (κ1) is 24.7. The Morgan fingerprint density at radius 1 is 0.941 bits per heavy atom. The van der Waals surface area contributed by atoms with E-state index < -0.39 is 53.4 Å². The molecule has 0 saturated carbocycles. The van der Waals surface area contributed by atoms with Gasteiger partial charge in [0.1, 0.15) is 0 Å². The van der Waals surface area contributed by atoms with Gasteiger partial charge in [0.25, 0.3) is 5.91 Å². The van der Waals surface area contributed by atoms with Crippen LogP contribution in [0.3, 0.4) is 0 Å². The van der Waals surface area contributed by atoms with Crippen LogP contribution in [-0.2, 0) is 17.1 Å². The second-order valence-electron chi connectivity index (χ2n) is 7.22. The van der Waals surface area contributed by atoms with E-state index in [1.54, 1.807) is 32.0 Å². The topological polar surface area (TPSA) is 88.9 Å². The fourth-order valence-corrected chi connectivity index (χ4v) is 3.09. The van der Waals surface area contributed by atoms with Gasteiger partial charge in [0, 0.05) is 11.9 Å². The summed E-state index contributed by atoms with van der Waals surface area (Å²) >= 11 is 0. The number of hydrogen-bond acceptors (Lipinski definition) is 4. The van der Waals surface area contributed by atoms with E-state index in [-0.39, 0.29) is 4.68 Å². The first-order chi connectivity index (χ1) is 15.8. The van der Waals surface area contributed by atoms with Gasteiger partial charge in [-0.2, -0.15) is 31.4 Å². The van der Waals surface area contributed by atoms with Gasteiger partial charge >= 0.3 is 12.4 Å². The van der Waals surface area contributed by atoms with Crippen molar-refractivity contribution in [1.29, 1.82) is 0 Å². The highest BCUT2D eigenvalue weighted by molar-refractivity contribution is 6.00. The van der Waals surface area contributed by atoms with Crippen molar-refractivity contribution in [2.45, 2.75) is 26.2 Å². The van der Waals surface area contributed by atoms with Crippen LogP contribution in [0.25, 0.3) is 5.82 Å². The zero-order valence-corrected chi connectivity index (χ0v) is 17.7. The highest BCUT2D eigenvalue weighted by Crippen LogP contribution is 2.34. The largest absolute Gasteiger partial charge is 0.434 e. The Kier molecular flexibility index (Phi) is 6.66. The molecule has 0 aliphatic rings. The maximum Gasteiger partial charge on any atom is 0.434 e. The Balaban J connectivity index is 1.81. The number of nitrogens with one attached hydrogen (secondary N) is 2. The van der Waals surface area contributed by atoms with Gasteiger partial charge in [0.15, 0.2) is 11.5 Å². The number of nitrogens with zero attached hydrogens (tertiary/aromatic N) is 3. The Morgan fingerprint density at radius 2 is 1.59 bits per heavy atom. The summed E-state index contributed by atoms with van der Waals surface area (Å²) in [6.07, 6.45) is -8.88. The molecule has 3 aromatic rings. The van der Waals surface area contributed by atoms with E-state index in [0.717, 1.165) is 11.1 Å². The number of pyridine rings is 1. The van der Waals surface area contributed by atoms with Gasteiger partial charge in [-0.05, 0) is 37.1 Å². The quantitative estimate of drug-likeness (QED) is 0.528. The van der Waals surface area contributed by atoms with Gasteiger partial charge in [-0.1, -0.05) is 18.2 Å². The lowest BCUT2D eigenvalue weighted by Gasteiger charge is -2.14. The molecule has 0 radical (unpaired) electrons. The molecule has 0 saturated heterocycles. The minimum atomic E-state index is -5.10. The molecule has 2 amide bonds. The molecule has 0 bridgehead atoms. The van der Waals surface area contributed by atoms with E-state index in [1.807, 2.05) is 0 Å². The number of carbonyl (C=O) groups excluding carboxylic acids is 2. The molecule has 180 valence electrons. The van der Waals surface area contributed by atoms with E-state index in [2.05, 4.69) is 20.7 Å². The monoisotopic (exact) mass is 485 g/mol. The first-order valence-electron chi connectivity index (χ1n) is 9.62. The van der Waals surface area contributed by atoms with Crippen LogP contribution in [0.4, 0.5) is 32.0 Å². The van der Waals surface area contributed by atoms with Crippen LogP contribution in [0.5, 0.6) is 0 Å². The third kappa shape index (κ3) is 5.35. The van der Waals surface area contributed by atoms with Crippen molar-refractivity contribution in [1.82, 2.24) is 20.1 Å². The number of aryl methyl sites for hydroxylation is 2. The van der Waals surface area contributed by atoms with Crippen LogP contribution < -0.4 is 10.6 Å². The van der Waals surface area contributed by atoms with E-state index >= 15 is 0 Å². The summed E-state index contributed by atoms with van der Waals surface area (Å²) in [5, 5.41) is 8.15. The van der Waals surface area contributed by atoms with Gasteiger partial charge in [0.2, 0.25) is 5.91 Å². The molecule has 13 heteroatoms. The van der Waals surface area contributed by atoms with E-state index in [0.29, 0.717) is 30.2 Å². The zero-order chi connectivity index (χ0) is 25.3. The molecule has 0 atom stereocenters. The number of aromatic nitrogens is 3. The summed E-state index contributed by atoms with van der Waals surface area (Å²) in [7, 11) is 0. The van der Waals surface area contributed by atoms with Gasteiger partial charge in [0.05, 0.1) is 23.9 Å². The van der Waals surface area contributed by atoms with Crippen molar-refractivity contribution in [2.75, 3.05) is 11.9 Å². The maximum absolute atomic E-state index is 13.7. The van der Waals surface area contributed by atoms with Crippen LogP contribution in [-0.4, -0.2) is 33.1 Å². The number of carbonyl (C=O) groups is 2. The predicted octanol–water partition coefficient (Wildman–Crippen LogP) is 4.29. The van der Waals surface area contributed by atoms with Crippen LogP contribution >= 0.6 is 0 Å². The number of alkyl halides is 6. The van der Waals surface area contributed by atoms with Gasteiger partial charge in [-0.15, -0.1) is 0 Å². The summed E-state index contributed by atoms with van der Waals surface area (Å²) in [6.45, 7) is 2.87. The summed E-state index contributed by atoms with van der Waals surface area (Å²) in [5.41, 5.74) is -1.61. The Hall–Kier alpha value is -3.90. The number of anilines is 1. The Labute approximate surface area is 188 Å². The molecule has 2 aromatic heterocycles. The molecular weight excluding hydrogens is 468 g/mol. The maximum atomic E-state index is 13.7. The Bertz CT molecular complexity index is 1200. The number of rotatable bonds is 5. The summed E-state index contributed by atoms with van der Waals surface area (Å²) in [4.78, 5) is 28.0. The third-order valence-corrected chi connectivity index (χ3v) is 4.73. The van der Waals surface area contributed by atoms with Crippen molar-refractivity contribution in [3.8, 4) is 5.82 Å². The second kappa shape index (κ2) is 9.15. The number of benzene rings is 1. The smallest absolute Gasteiger partial charge is 0.343 e. The van der Waals surface area contributed by atoms with Crippen LogP contribution in [0.1, 0.15) is 32.7 Å². The first-order valence-corrected chi connectivity index (χ1v) is 9.62. The summed E-state index contributed by atoms with van der Waals surface area (Å²) in [6, 6.07) is 6.53. The minimum absolute atomic E-state index is 0.214. The average Bonchev–Trinajstić information content (AvgIpc) is 3.20. The fourth-order valence-electron chi connectivity index (χ4n) is 3.09. The van der Waals surface area contributed by atoms with Crippen LogP contribution in [0.15, 0.2) is 42.7 Å². The van der Waals surface area contributed by atoms with Gasteiger partial charge < -0.3 is 10.6 Å². The Morgan fingerprint density at radius 3 is 2.12 bits per heavy atom. The average molecular weight is 485 g/mol. The van der Waals surface area contributed by atoms with E-state index in [4.69, 9.17) is 0 Å². The normalized spacial score (nSPS) is 11.9. The van der Waals surface area contributed by atoms with Crippen LogP contribution in [0, 0.1) is 13.8 Å². The zero-order valence-electron chi connectivity index (χ0n) is 17.7. The molecule has 0 aliphatic heterocycles. The number of amides is 2. The van der Waals surface area contributed by atoms with E-state index in [1.165, 1.54) is 0 Å². The number of para-hydroxylation sites is 1. The highest BCUT2D eigenvalue weighted by atomic mass is 19.4. The molecule has 0 fully saturated rings. The van der Waals surface area contributed by atoms with Crippen molar-refractivity contribution < 1.29 is 35.9 Å². The molecule has 2 N–H and O–H groups in total. The molecule has 2 heterocycles. The molecule has 7 nitrogen and oxygen atoms in total. The molecular formula is C21H17F6N5O2. The highest BCUT2D eigenvalue weighted by Gasteiger charge is 2.41. The molecule has 0 aliphatic carbocycles. The molecule has 1 aromatic carbocycles. The predicted molar refractivity (Wildman–Crippen MR) is 108 cm³/mol. The molecule has 3 rings (SSSR count). The van der Waals surface area contributed by atoms with Crippen molar-refractivity contribution in [3.05, 3.63) is 70.7 Å². The van der Waals surface area contributed by atoms with Crippen LogP contribution in [0.2, 0.25) is 0 Å². The lowest BCUT2D eigenvalue weighted by atomic mass is 10.1. The summed E-state index contributed by atoms with van der Waals surface area (Å²) < 4.78 is 79.4. The summed E-state index contributed by atoms with van der Waals surface area (Å²) in [5.74, 6) is -2.50. The molecule has 0 unspecified atom stereocenters. The van der Waals surface area contributed by atoms with Crippen molar-refractivity contribution in [3.63, 3.8) is 0 Å². The lowest BCUT2D eigenvalue weighted by Crippen LogP contribution is -2.34. The molecule has 0 spiro atoms. The number of halogens is 6. The lowest BCUT2D eigenvalue weighted by molar-refractivity contribution is -0.143. The van der Waals surface area contributed by atoms with Gasteiger partial charge in [-0.25, -0.2) is 9.67 Å². The standard InChI is InChI=1S/C21H17F6N5O2/c1-11-4-3-5-12(2)17(11)31-16(33)10-29-19(34)14-9-30-32(18(14)21(25,26)27)15-7-6-13(8-28-15)20(22,23)24/h3-9H,10H2,1-2H3,(H,29,34)(H,31,33). The van der Waals surface area contributed by atoms with Gasteiger partial charge in [-0.3, -0.25) is 9.59 Å². The molecule has 34 heavy (non-hydrogen) atoms. The number of hydrogen-bond donors (Lipinski definition) is 2. The third-order valence-electron chi connectivity index (χ3n) is 4.73. The van der Waals surface area contributed by atoms with Crippen molar-refractivity contribution in [2.24, 2.45) is 0 Å². The second-order valence-corrected chi connectivity index (χ2v) is 7.22. The fraction of sp³-hybridized carbons (Fsp3) is 0.238. The van der Waals surface area contributed by atoms with Crippen molar-refractivity contribution >= 4 is 17.5 Å². The van der Waals surface area contributed by atoms with E-state index in [9.17, 15) is 35.9 Å². The SMILES string of the molecule is Cc1cccc(C)c1NC(=O)CNC(=O)c1cnn(-c2ccc(C(F)(F)F)cn2)c1C(F)(F)F.